The molecule has 0 aliphatic heterocycles. The lowest BCUT2D eigenvalue weighted by Crippen LogP contribution is -2.43. The van der Waals surface area contributed by atoms with Gasteiger partial charge in [0.25, 0.3) is 0 Å². The Kier molecular flexibility index (Phi) is 5.92. The average molecular weight is 280 g/mol. The van der Waals surface area contributed by atoms with Crippen molar-refractivity contribution in [2.75, 3.05) is 20.1 Å². The summed E-state index contributed by atoms with van der Waals surface area (Å²) >= 11 is 0. The van der Waals surface area contributed by atoms with E-state index in [-0.39, 0.29) is 0 Å². The molecule has 118 valence electrons. The third-order valence-corrected chi connectivity index (χ3v) is 5.77. The minimum Gasteiger partial charge on any atom is -0.314 e. The number of hydrogen-bond acceptors (Lipinski definition) is 2. The summed E-state index contributed by atoms with van der Waals surface area (Å²) in [7, 11) is 2.37. The molecule has 2 fully saturated rings. The van der Waals surface area contributed by atoms with Crippen molar-refractivity contribution < 1.29 is 0 Å². The maximum absolute atomic E-state index is 3.78. The summed E-state index contributed by atoms with van der Waals surface area (Å²) < 4.78 is 0. The van der Waals surface area contributed by atoms with Gasteiger partial charge >= 0.3 is 0 Å². The van der Waals surface area contributed by atoms with Crippen LogP contribution in [0.15, 0.2) is 0 Å². The normalized spacial score (nSPS) is 31.1. The van der Waals surface area contributed by atoms with Crippen LogP contribution in [0, 0.1) is 11.3 Å². The van der Waals surface area contributed by atoms with Crippen LogP contribution in [-0.4, -0.2) is 37.1 Å². The second kappa shape index (κ2) is 7.26. The van der Waals surface area contributed by atoms with E-state index in [1.165, 1.54) is 64.5 Å². The highest BCUT2D eigenvalue weighted by molar-refractivity contribution is 4.88. The molecule has 2 rings (SSSR count). The molecule has 0 bridgehead atoms. The van der Waals surface area contributed by atoms with E-state index in [0.717, 1.165) is 18.0 Å². The number of rotatable bonds is 6. The standard InChI is InChI=1S/C18H36N2/c1-5-13-19-17-8-6-7-15(17)14-20(4)16-9-11-18(2,3)12-10-16/h15-17,19H,5-14H2,1-4H3. The van der Waals surface area contributed by atoms with Crippen LogP contribution < -0.4 is 5.32 Å². The van der Waals surface area contributed by atoms with Crippen LogP contribution in [-0.2, 0) is 0 Å². The fourth-order valence-electron chi connectivity index (χ4n) is 4.20. The molecule has 0 aromatic carbocycles. The molecule has 0 aromatic rings. The van der Waals surface area contributed by atoms with Gasteiger partial charge in [-0.3, -0.25) is 0 Å². The van der Waals surface area contributed by atoms with Gasteiger partial charge in [-0.2, -0.15) is 0 Å². The number of nitrogens with zero attached hydrogens (tertiary/aromatic N) is 1. The van der Waals surface area contributed by atoms with Gasteiger partial charge in [-0.05, 0) is 69.9 Å². The first-order chi connectivity index (χ1) is 9.52. The largest absolute Gasteiger partial charge is 0.314 e. The molecule has 0 aromatic heterocycles. The van der Waals surface area contributed by atoms with Crippen molar-refractivity contribution >= 4 is 0 Å². The van der Waals surface area contributed by atoms with Gasteiger partial charge in [0.05, 0.1) is 0 Å². The van der Waals surface area contributed by atoms with Gasteiger partial charge in [-0.15, -0.1) is 0 Å². The Morgan fingerprint density at radius 1 is 1.10 bits per heavy atom. The molecule has 2 unspecified atom stereocenters. The molecule has 0 spiro atoms. The van der Waals surface area contributed by atoms with Crippen molar-refractivity contribution in [1.82, 2.24) is 10.2 Å². The highest BCUT2D eigenvalue weighted by atomic mass is 15.1. The van der Waals surface area contributed by atoms with Crippen LogP contribution in [0.1, 0.15) is 72.1 Å². The van der Waals surface area contributed by atoms with E-state index in [9.17, 15) is 0 Å². The van der Waals surface area contributed by atoms with E-state index in [0.29, 0.717) is 5.41 Å². The summed E-state index contributed by atoms with van der Waals surface area (Å²) in [5.41, 5.74) is 0.593. The molecule has 2 nitrogen and oxygen atoms in total. The average Bonchev–Trinajstić information content (AvgIpc) is 2.83. The van der Waals surface area contributed by atoms with Crippen LogP contribution in [0.3, 0.4) is 0 Å². The van der Waals surface area contributed by atoms with E-state index < -0.39 is 0 Å². The van der Waals surface area contributed by atoms with Crippen LogP contribution in [0.2, 0.25) is 0 Å². The second-order valence-electron chi connectivity index (χ2n) is 8.09. The molecule has 0 radical (unpaired) electrons. The van der Waals surface area contributed by atoms with Gasteiger partial charge in [0.15, 0.2) is 0 Å². The van der Waals surface area contributed by atoms with Crippen molar-refractivity contribution in [3.63, 3.8) is 0 Å². The Balaban J connectivity index is 1.77. The molecule has 20 heavy (non-hydrogen) atoms. The van der Waals surface area contributed by atoms with E-state index in [2.05, 4.69) is 38.0 Å². The van der Waals surface area contributed by atoms with Crippen molar-refractivity contribution in [2.24, 2.45) is 11.3 Å². The molecule has 2 heteroatoms. The molecule has 2 saturated carbocycles. The Morgan fingerprint density at radius 2 is 1.80 bits per heavy atom. The molecular formula is C18H36N2. The summed E-state index contributed by atoms with van der Waals surface area (Å²) in [4.78, 5) is 2.69. The fourth-order valence-corrected chi connectivity index (χ4v) is 4.20. The Bertz CT molecular complexity index is 277. The minimum atomic E-state index is 0.593. The van der Waals surface area contributed by atoms with Crippen LogP contribution in [0.4, 0.5) is 0 Å². The Hall–Kier alpha value is -0.0800. The number of hydrogen-bond donors (Lipinski definition) is 1. The van der Waals surface area contributed by atoms with E-state index in [1.807, 2.05) is 0 Å². The molecule has 2 aliphatic rings. The molecule has 0 amide bonds. The lowest BCUT2D eigenvalue weighted by atomic mass is 9.75. The Morgan fingerprint density at radius 3 is 2.45 bits per heavy atom. The Labute approximate surface area is 126 Å². The third-order valence-electron chi connectivity index (χ3n) is 5.77. The van der Waals surface area contributed by atoms with Gasteiger partial charge in [-0.1, -0.05) is 27.2 Å². The van der Waals surface area contributed by atoms with Crippen molar-refractivity contribution in [3.05, 3.63) is 0 Å². The van der Waals surface area contributed by atoms with Gasteiger partial charge in [-0.25, -0.2) is 0 Å². The third kappa shape index (κ3) is 4.46. The van der Waals surface area contributed by atoms with Crippen molar-refractivity contribution in [3.8, 4) is 0 Å². The summed E-state index contributed by atoms with van der Waals surface area (Å²) in [6.07, 6.45) is 11.1. The van der Waals surface area contributed by atoms with Crippen molar-refractivity contribution in [1.29, 1.82) is 0 Å². The maximum atomic E-state index is 3.78. The van der Waals surface area contributed by atoms with Crippen LogP contribution >= 0.6 is 0 Å². The first-order valence-corrected chi connectivity index (χ1v) is 8.95. The summed E-state index contributed by atoms with van der Waals surface area (Å²) in [6, 6.07) is 1.63. The topological polar surface area (TPSA) is 15.3 Å². The lowest BCUT2D eigenvalue weighted by molar-refractivity contribution is 0.111. The fraction of sp³-hybridized carbons (Fsp3) is 1.00. The van der Waals surface area contributed by atoms with Crippen LogP contribution in [0.5, 0.6) is 0 Å². The molecule has 1 N–H and O–H groups in total. The maximum Gasteiger partial charge on any atom is 0.0107 e. The summed E-state index contributed by atoms with van der Waals surface area (Å²) in [5.74, 6) is 0.890. The van der Waals surface area contributed by atoms with Gasteiger partial charge < -0.3 is 10.2 Å². The zero-order valence-electron chi connectivity index (χ0n) is 14.3. The quantitative estimate of drug-likeness (QED) is 0.789. The predicted molar refractivity (Wildman–Crippen MR) is 88.1 cm³/mol. The first kappa shape index (κ1) is 16.3. The molecular weight excluding hydrogens is 244 g/mol. The van der Waals surface area contributed by atoms with E-state index in [1.54, 1.807) is 0 Å². The summed E-state index contributed by atoms with van der Waals surface area (Å²) in [5, 5.41) is 3.78. The van der Waals surface area contributed by atoms with E-state index in [4.69, 9.17) is 0 Å². The smallest absolute Gasteiger partial charge is 0.0107 e. The second-order valence-corrected chi connectivity index (χ2v) is 8.09. The monoisotopic (exact) mass is 280 g/mol. The minimum absolute atomic E-state index is 0.593. The molecule has 2 aliphatic carbocycles. The van der Waals surface area contributed by atoms with Gasteiger partial charge in [0.2, 0.25) is 0 Å². The molecule has 2 atom stereocenters. The molecule has 0 saturated heterocycles. The lowest BCUT2D eigenvalue weighted by Gasteiger charge is -2.40. The van der Waals surface area contributed by atoms with E-state index >= 15 is 0 Å². The van der Waals surface area contributed by atoms with Gasteiger partial charge in [0, 0.05) is 18.6 Å². The zero-order chi connectivity index (χ0) is 14.6. The van der Waals surface area contributed by atoms with Crippen LogP contribution in [0.25, 0.3) is 0 Å². The zero-order valence-corrected chi connectivity index (χ0v) is 14.3. The predicted octanol–water partition coefficient (Wildman–Crippen LogP) is 4.06. The molecule has 0 heterocycles. The SMILES string of the molecule is CCCNC1CCCC1CN(C)C1CCC(C)(C)CC1. The highest BCUT2D eigenvalue weighted by Crippen LogP contribution is 2.37. The van der Waals surface area contributed by atoms with Crippen molar-refractivity contribution in [2.45, 2.75) is 84.2 Å². The first-order valence-electron chi connectivity index (χ1n) is 8.95. The highest BCUT2D eigenvalue weighted by Gasteiger charge is 2.32. The van der Waals surface area contributed by atoms with Gasteiger partial charge in [0.1, 0.15) is 0 Å². The summed E-state index contributed by atoms with van der Waals surface area (Å²) in [6.45, 7) is 9.65. The number of nitrogens with one attached hydrogen (secondary N) is 1.